The van der Waals surface area contributed by atoms with Crippen LogP contribution in [0.4, 0.5) is 4.39 Å². The van der Waals surface area contributed by atoms with Crippen LogP contribution in [0.3, 0.4) is 0 Å². The maximum atomic E-state index is 13.0. The van der Waals surface area contributed by atoms with Gasteiger partial charge in [0.05, 0.1) is 12.5 Å². The standard InChI is InChI=1S/C23H29FN2O2/c1-25(23(28)17-18-7-9-20(24)10-8-18)21-11-14-26(15-12-21)16-13-22(27)19-5-3-2-4-6-19/h2-10,21-22,27H,11-17H2,1H3. The number of halogens is 1. The summed E-state index contributed by atoms with van der Waals surface area (Å²) in [6.07, 6.45) is 2.47. The van der Waals surface area contributed by atoms with Gasteiger partial charge in [0.15, 0.2) is 0 Å². The summed E-state index contributed by atoms with van der Waals surface area (Å²) in [5, 5.41) is 10.3. The van der Waals surface area contributed by atoms with Gasteiger partial charge in [0.25, 0.3) is 0 Å². The van der Waals surface area contributed by atoms with Crippen molar-refractivity contribution in [3.8, 4) is 0 Å². The summed E-state index contributed by atoms with van der Waals surface area (Å²) in [4.78, 5) is 16.7. The molecule has 1 aliphatic heterocycles. The summed E-state index contributed by atoms with van der Waals surface area (Å²) in [6, 6.07) is 16.1. The molecular formula is C23H29FN2O2. The predicted octanol–water partition coefficient (Wildman–Crippen LogP) is 3.41. The smallest absolute Gasteiger partial charge is 0.226 e. The van der Waals surface area contributed by atoms with Gasteiger partial charge < -0.3 is 14.9 Å². The van der Waals surface area contributed by atoms with Crippen LogP contribution in [0.25, 0.3) is 0 Å². The van der Waals surface area contributed by atoms with Crippen molar-refractivity contribution in [2.45, 2.75) is 37.8 Å². The number of benzene rings is 2. The number of aliphatic hydroxyl groups is 1. The molecule has 2 aromatic carbocycles. The molecule has 28 heavy (non-hydrogen) atoms. The van der Waals surface area contributed by atoms with E-state index in [1.807, 2.05) is 42.3 Å². The molecule has 3 rings (SSSR count). The molecule has 0 aliphatic carbocycles. The maximum Gasteiger partial charge on any atom is 0.226 e. The Bertz CT molecular complexity index is 743. The highest BCUT2D eigenvalue weighted by atomic mass is 19.1. The molecule has 0 spiro atoms. The molecule has 2 aromatic rings. The molecule has 0 saturated carbocycles. The van der Waals surface area contributed by atoms with Gasteiger partial charge in [-0.25, -0.2) is 4.39 Å². The monoisotopic (exact) mass is 384 g/mol. The third kappa shape index (κ3) is 5.63. The topological polar surface area (TPSA) is 43.8 Å². The molecule has 1 amide bonds. The third-order valence-corrected chi connectivity index (χ3v) is 5.67. The molecule has 4 nitrogen and oxygen atoms in total. The molecule has 1 atom stereocenters. The zero-order valence-corrected chi connectivity index (χ0v) is 16.4. The first kappa shape index (κ1) is 20.5. The second-order valence-electron chi connectivity index (χ2n) is 7.60. The Balaban J connectivity index is 1.41. The van der Waals surface area contributed by atoms with Crippen LogP contribution >= 0.6 is 0 Å². The van der Waals surface area contributed by atoms with E-state index in [4.69, 9.17) is 0 Å². The van der Waals surface area contributed by atoms with Gasteiger partial charge in [0.1, 0.15) is 5.82 Å². The lowest BCUT2D eigenvalue weighted by Crippen LogP contribution is -2.46. The van der Waals surface area contributed by atoms with Gasteiger partial charge in [-0.2, -0.15) is 0 Å². The lowest BCUT2D eigenvalue weighted by Gasteiger charge is -2.37. The zero-order valence-electron chi connectivity index (χ0n) is 16.4. The molecule has 1 heterocycles. The molecule has 1 unspecified atom stereocenters. The number of carbonyl (C=O) groups is 1. The number of hydrogen-bond donors (Lipinski definition) is 1. The van der Waals surface area contributed by atoms with Crippen molar-refractivity contribution in [1.82, 2.24) is 9.80 Å². The molecule has 1 saturated heterocycles. The van der Waals surface area contributed by atoms with E-state index < -0.39 is 6.10 Å². The number of amides is 1. The number of piperidine rings is 1. The molecule has 5 heteroatoms. The van der Waals surface area contributed by atoms with Crippen molar-refractivity contribution in [3.05, 3.63) is 71.5 Å². The van der Waals surface area contributed by atoms with E-state index in [9.17, 15) is 14.3 Å². The minimum Gasteiger partial charge on any atom is -0.388 e. The van der Waals surface area contributed by atoms with Gasteiger partial charge in [-0.05, 0) is 42.5 Å². The molecule has 1 fully saturated rings. The first-order valence-electron chi connectivity index (χ1n) is 9.98. The van der Waals surface area contributed by atoms with E-state index in [-0.39, 0.29) is 17.8 Å². The number of likely N-dealkylation sites (tertiary alicyclic amines) is 1. The maximum absolute atomic E-state index is 13.0. The van der Waals surface area contributed by atoms with Crippen LogP contribution in [0.2, 0.25) is 0 Å². The first-order valence-corrected chi connectivity index (χ1v) is 9.98. The van der Waals surface area contributed by atoms with Gasteiger partial charge in [-0.3, -0.25) is 4.79 Å². The zero-order chi connectivity index (χ0) is 19.9. The molecular weight excluding hydrogens is 355 g/mol. The molecule has 0 bridgehead atoms. The van der Waals surface area contributed by atoms with Crippen molar-refractivity contribution >= 4 is 5.91 Å². The van der Waals surface area contributed by atoms with E-state index in [0.29, 0.717) is 12.8 Å². The SMILES string of the molecule is CN(C(=O)Cc1ccc(F)cc1)C1CCN(CCC(O)c2ccccc2)CC1. The largest absolute Gasteiger partial charge is 0.388 e. The minimum atomic E-state index is -0.432. The number of hydrogen-bond acceptors (Lipinski definition) is 3. The Labute approximate surface area is 166 Å². The summed E-state index contributed by atoms with van der Waals surface area (Å²) >= 11 is 0. The quantitative estimate of drug-likeness (QED) is 0.796. The van der Waals surface area contributed by atoms with Crippen molar-refractivity contribution in [2.75, 3.05) is 26.7 Å². The fourth-order valence-electron chi connectivity index (χ4n) is 3.78. The molecule has 1 N–H and O–H groups in total. The van der Waals surface area contributed by atoms with Crippen LogP contribution < -0.4 is 0 Å². The molecule has 150 valence electrons. The second kappa shape index (κ2) is 9.80. The third-order valence-electron chi connectivity index (χ3n) is 5.67. The Hall–Kier alpha value is -2.24. The summed E-state index contributed by atoms with van der Waals surface area (Å²) in [6.45, 7) is 2.72. The van der Waals surface area contributed by atoms with Crippen molar-refractivity contribution < 1.29 is 14.3 Å². The second-order valence-corrected chi connectivity index (χ2v) is 7.60. The Morgan fingerprint density at radius 3 is 2.43 bits per heavy atom. The fraction of sp³-hybridized carbons (Fsp3) is 0.435. The average Bonchev–Trinajstić information content (AvgIpc) is 2.74. The fourth-order valence-corrected chi connectivity index (χ4v) is 3.78. The van der Waals surface area contributed by atoms with Gasteiger partial charge >= 0.3 is 0 Å². The Morgan fingerprint density at radius 2 is 1.79 bits per heavy atom. The van der Waals surface area contributed by atoms with Gasteiger partial charge in [-0.1, -0.05) is 42.5 Å². The van der Waals surface area contributed by atoms with E-state index in [0.717, 1.165) is 43.6 Å². The number of nitrogens with zero attached hydrogens (tertiary/aromatic N) is 2. The Kier molecular flexibility index (Phi) is 7.18. The van der Waals surface area contributed by atoms with Crippen LogP contribution in [-0.2, 0) is 11.2 Å². The van der Waals surface area contributed by atoms with Crippen LogP contribution in [0.15, 0.2) is 54.6 Å². The predicted molar refractivity (Wildman–Crippen MR) is 108 cm³/mol. The lowest BCUT2D eigenvalue weighted by molar-refractivity contribution is -0.132. The molecule has 0 aromatic heterocycles. The normalized spacial score (nSPS) is 16.7. The van der Waals surface area contributed by atoms with Crippen LogP contribution in [0.5, 0.6) is 0 Å². The number of aliphatic hydroxyl groups excluding tert-OH is 1. The van der Waals surface area contributed by atoms with Gasteiger partial charge in [-0.15, -0.1) is 0 Å². The number of likely N-dealkylation sites (N-methyl/N-ethyl adjacent to an activating group) is 1. The van der Waals surface area contributed by atoms with Crippen LogP contribution in [0.1, 0.15) is 36.5 Å². The van der Waals surface area contributed by atoms with Crippen molar-refractivity contribution in [1.29, 1.82) is 0 Å². The van der Waals surface area contributed by atoms with Gasteiger partial charge in [0.2, 0.25) is 5.91 Å². The molecule has 1 aliphatic rings. The van der Waals surface area contributed by atoms with Crippen LogP contribution in [-0.4, -0.2) is 53.5 Å². The molecule has 0 radical (unpaired) electrons. The highest BCUT2D eigenvalue weighted by Crippen LogP contribution is 2.20. The van der Waals surface area contributed by atoms with E-state index in [1.165, 1.54) is 12.1 Å². The van der Waals surface area contributed by atoms with Crippen molar-refractivity contribution in [3.63, 3.8) is 0 Å². The van der Waals surface area contributed by atoms with E-state index in [2.05, 4.69) is 4.90 Å². The summed E-state index contributed by atoms with van der Waals surface area (Å²) in [5.74, 6) is -0.209. The number of rotatable bonds is 7. The summed E-state index contributed by atoms with van der Waals surface area (Å²) in [5.41, 5.74) is 1.80. The van der Waals surface area contributed by atoms with Crippen LogP contribution in [0, 0.1) is 5.82 Å². The lowest BCUT2D eigenvalue weighted by atomic mass is 10.0. The Morgan fingerprint density at radius 1 is 1.14 bits per heavy atom. The van der Waals surface area contributed by atoms with Gasteiger partial charge in [0, 0.05) is 32.7 Å². The van der Waals surface area contributed by atoms with Crippen molar-refractivity contribution in [2.24, 2.45) is 0 Å². The average molecular weight is 384 g/mol. The van der Waals surface area contributed by atoms with E-state index in [1.54, 1.807) is 12.1 Å². The summed E-state index contributed by atoms with van der Waals surface area (Å²) in [7, 11) is 1.87. The minimum absolute atomic E-state index is 0.0737. The highest BCUT2D eigenvalue weighted by Gasteiger charge is 2.25. The van der Waals surface area contributed by atoms with E-state index >= 15 is 0 Å². The first-order chi connectivity index (χ1) is 13.5. The summed E-state index contributed by atoms with van der Waals surface area (Å²) < 4.78 is 13.0. The highest BCUT2D eigenvalue weighted by molar-refractivity contribution is 5.78. The number of carbonyl (C=O) groups excluding carboxylic acids is 1.